The molecule has 0 aliphatic carbocycles. The molecule has 0 heterocycles. The zero-order valence-electron chi connectivity index (χ0n) is 32.4. The Morgan fingerprint density at radius 3 is 1.06 bits per heavy atom. The van der Waals surface area contributed by atoms with Gasteiger partial charge in [0.25, 0.3) is 0 Å². The maximum Gasteiger partial charge on any atom is 0.335 e. The van der Waals surface area contributed by atoms with Crippen molar-refractivity contribution in [3.63, 3.8) is 0 Å². The molecule has 0 unspecified atom stereocenters. The lowest BCUT2D eigenvalue weighted by atomic mass is 10.0. The van der Waals surface area contributed by atoms with Crippen LogP contribution < -0.4 is 9.47 Å². The minimum Gasteiger partial charge on any atom is -0.490 e. The van der Waals surface area contributed by atoms with Crippen molar-refractivity contribution in [1.29, 1.82) is 0 Å². The van der Waals surface area contributed by atoms with Gasteiger partial charge < -0.3 is 14.6 Å². The molecule has 4 nitrogen and oxygen atoms in total. The summed E-state index contributed by atoms with van der Waals surface area (Å²) in [7, 11) is 0. The van der Waals surface area contributed by atoms with Crippen LogP contribution in [0.2, 0.25) is 0 Å². The van der Waals surface area contributed by atoms with Crippen LogP contribution in [0.3, 0.4) is 0 Å². The van der Waals surface area contributed by atoms with E-state index in [-0.39, 0.29) is 5.56 Å². The van der Waals surface area contributed by atoms with Crippen molar-refractivity contribution in [3.05, 3.63) is 23.3 Å². The van der Waals surface area contributed by atoms with Crippen LogP contribution in [0, 0.1) is 6.92 Å². The average Bonchev–Trinajstić information content (AvgIpc) is 3.08. The van der Waals surface area contributed by atoms with Crippen molar-refractivity contribution in [2.24, 2.45) is 0 Å². The van der Waals surface area contributed by atoms with E-state index in [0.29, 0.717) is 19.0 Å². The van der Waals surface area contributed by atoms with Crippen molar-refractivity contribution in [2.75, 3.05) is 13.2 Å². The fraction of sp³-hybridized carbons (Fsp3) is 0.841. The highest BCUT2D eigenvalue weighted by molar-refractivity contribution is 5.89. The smallest absolute Gasteiger partial charge is 0.335 e. The van der Waals surface area contributed by atoms with Gasteiger partial charge in [0.15, 0.2) is 11.5 Å². The Morgan fingerprint density at radius 2 is 0.750 bits per heavy atom. The molecule has 0 bridgehead atoms. The minimum atomic E-state index is -0.922. The van der Waals surface area contributed by atoms with E-state index in [1.165, 1.54) is 186 Å². The van der Waals surface area contributed by atoms with Gasteiger partial charge in [-0.25, -0.2) is 4.79 Å². The first-order valence-electron chi connectivity index (χ1n) is 21.2. The summed E-state index contributed by atoms with van der Waals surface area (Å²) in [6, 6.07) is 3.34. The molecule has 0 atom stereocenters. The van der Waals surface area contributed by atoms with Gasteiger partial charge in [0.2, 0.25) is 0 Å². The number of carbonyl (C=O) groups is 1. The highest BCUT2D eigenvalue weighted by atomic mass is 16.5. The number of hydrogen-bond donors (Lipinski definition) is 1. The normalized spacial score (nSPS) is 11.3. The van der Waals surface area contributed by atoms with Gasteiger partial charge in [-0.05, 0) is 37.5 Å². The Morgan fingerprint density at radius 1 is 0.458 bits per heavy atom. The largest absolute Gasteiger partial charge is 0.490 e. The Labute approximate surface area is 298 Å². The number of rotatable bonds is 37. The van der Waals surface area contributed by atoms with Gasteiger partial charge in [-0.15, -0.1) is 0 Å². The lowest BCUT2D eigenvalue weighted by Crippen LogP contribution is -2.06. The number of carboxylic acids is 1. The highest BCUT2D eigenvalue weighted by Crippen LogP contribution is 2.33. The molecule has 0 saturated heterocycles. The Hall–Kier alpha value is -1.71. The molecule has 48 heavy (non-hydrogen) atoms. The number of carboxylic acid groups (broad SMARTS) is 1. The van der Waals surface area contributed by atoms with Crippen molar-refractivity contribution in [1.82, 2.24) is 0 Å². The molecule has 0 aromatic heterocycles. The molecule has 0 aliphatic heterocycles. The van der Waals surface area contributed by atoms with Gasteiger partial charge in [-0.3, -0.25) is 0 Å². The first kappa shape index (κ1) is 44.3. The van der Waals surface area contributed by atoms with Gasteiger partial charge >= 0.3 is 5.97 Å². The maximum absolute atomic E-state index is 11.7. The second-order valence-electron chi connectivity index (χ2n) is 14.7. The molecule has 1 aromatic rings. The third-order valence-corrected chi connectivity index (χ3v) is 9.99. The van der Waals surface area contributed by atoms with Crippen molar-refractivity contribution < 1.29 is 19.4 Å². The summed E-state index contributed by atoms with van der Waals surface area (Å²) in [4.78, 5) is 11.7. The van der Waals surface area contributed by atoms with Gasteiger partial charge in [0.05, 0.1) is 18.8 Å². The molecule has 0 amide bonds. The van der Waals surface area contributed by atoms with Crippen LogP contribution >= 0.6 is 0 Å². The third kappa shape index (κ3) is 26.2. The van der Waals surface area contributed by atoms with Crippen LogP contribution in [-0.2, 0) is 0 Å². The van der Waals surface area contributed by atoms with Gasteiger partial charge in [0, 0.05) is 0 Å². The number of hydrogen-bond acceptors (Lipinski definition) is 3. The van der Waals surface area contributed by atoms with Crippen LogP contribution in [0.5, 0.6) is 11.5 Å². The molecule has 4 heteroatoms. The second kappa shape index (κ2) is 33.8. The lowest BCUT2D eigenvalue weighted by molar-refractivity contribution is 0.0696. The summed E-state index contributed by atoms with van der Waals surface area (Å²) in [5.74, 6) is 0.386. The molecule has 0 radical (unpaired) electrons. The van der Waals surface area contributed by atoms with E-state index in [0.717, 1.165) is 30.6 Å². The molecule has 1 aromatic carbocycles. The lowest BCUT2D eigenvalue weighted by Gasteiger charge is -2.16. The molecule has 0 aliphatic rings. The van der Waals surface area contributed by atoms with E-state index in [9.17, 15) is 9.90 Å². The van der Waals surface area contributed by atoms with E-state index in [4.69, 9.17) is 9.47 Å². The fourth-order valence-electron chi connectivity index (χ4n) is 6.81. The first-order chi connectivity index (χ1) is 23.6. The summed E-state index contributed by atoms with van der Waals surface area (Å²) in [6.45, 7) is 7.76. The van der Waals surface area contributed by atoms with Crippen LogP contribution in [0.15, 0.2) is 12.1 Å². The Balaban J connectivity index is 2.10. The molecule has 0 spiro atoms. The molecule has 1 N–H and O–H groups in total. The van der Waals surface area contributed by atoms with Gasteiger partial charge in [-0.2, -0.15) is 0 Å². The number of ether oxygens (including phenoxy) is 2. The SMILES string of the molecule is CCCCCCCCCCCCCCCCCCOc1cc(C(=O)O)cc(C)c1OCCCCCCCCCCCCCCCCCC. The van der Waals surface area contributed by atoms with E-state index >= 15 is 0 Å². The molecule has 280 valence electrons. The standard InChI is InChI=1S/C44H80O4/c1-4-6-8-10-12-14-16-18-20-22-24-26-28-30-32-34-36-47-42-39-41(44(45)46)38-40(3)43(42)48-37-35-33-31-29-27-25-23-21-19-17-15-13-11-9-7-5-2/h38-39H,4-37H2,1-3H3,(H,45,46). The predicted octanol–water partition coefficient (Wildman–Crippen LogP) is 15.0. The summed E-state index contributed by atoms with van der Waals surface area (Å²) in [6.07, 6.45) is 43.2. The number of aromatic carboxylic acids is 1. The molecule has 1 rings (SSSR count). The summed E-state index contributed by atoms with van der Waals surface area (Å²) in [5, 5.41) is 9.58. The van der Waals surface area contributed by atoms with Crippen molar-refractivity contribution in [3.8, 4) is 11.5 Å². The summed E-state index contributed by atoms with van der Waals surface area (Å²) in [5.41, 5.74) is 1.11. The highest BCUT2D eigenvalue weighted by Gasteiger charge is 2.15. The van der Waals surface area contributed by atoms with Gasteiger partial charge in [-0.1, -0.05) is 206 Å². The topological polar surface area (TPSA) is 55.8 Å². The number of aryl methyl sites for hydroxylation is 1. The molecule has 0 saturated carbocycles. The predicted molar refractivity (Wildman–Crippen MR) is 208 cm³/mol. The van der Waals surface area contributed by atoms with Crippen LogP contribution in [-0.4, -0.2) is 24.3 Å². The van der Waals surface area contributed by atoms with Crippen LogP contribution in [0.1, 0.15) is 235 Å². The Bertz CT molecular complexity index is 851. The molecular formula is C44H80O4. The first-order valence-corrected chi connectivity index (χ1v) is 21.2. The third-order valence-electron chi connectivity index (χ3n) is 9.99. The zero-order chi connectivity index (χ0) is 34.8. The minimum absolute atomic E-state index is 0.268. The fourth-order valence-corrected chi connectivity index (χ4v) is 6.81. The van der Waals surface area contributed by atoms with Gasteiger partial charge in [0.1, 0.15) is 0 Å². The van der Waals surface area contributed by atoms with Crippen LogP contribution in [0.4, 0.5) is 0 Å². The number of unbranched alkanes of at least 4 members (excludes halogenated alkanes) is 30. The molecular weight excluding hydrogens is 592 g/mol. The molecule has 0 fully saturated rings. The van der Waals surface area contributed by atoms with E-state index < -0.39 is 5.97 Å². The van der Waals surface area contributed by atoms with Crippen LogP contribution in [0.25, 0.3) is 0 Å². The number of benzene rings is 1. The zero-order valence-corrected chi connectivity index (χ0v) is 32.4. The van der Waals surface area contributed by atoms with Crippen molar-refractivity contribution >= 4 is 5.97 Å². The second-order valence-corrected chi connectivity index (χ2v) is 14.7. The summed E-state index contributed by atoms with van der Waals surface area (Å²) < 4.78 is 12.3. The van der Waals surface area contributed by atoms with Crippen molar-refractivity contribution in [2.45, 2.75) is 226 Å². The quantitative estimate of drug-likeness (QED) is 0.0715. The van der Waals surface area contributed by atoms with E-state index in [1.54, 1.807) is 12.1 Å². The monoisotopic (exact) mass is 673 g/mol. The Kier molecular flexibility index (Phi) is 31.2. The maximum atomic E-state index is 11.7. The van der Waals surface area contributed by atoms with E-state index in [1.807, 2.05) is 6.92 Å². The summed E-state index contributed by atoms with van der Waals surface area (Å²) >= 11 is 0. The average molecular weight is 673 g/mol. The van der Waals surface area contributed by atoms with E-state index in [2.05, 4.69) is 13.8 Å².